The fraction of sp³-hybridized carbons (Fsp3) is 0.241. The van der Waals surface area contributed by atoms with Crippen LogP contribution in [0.4, 0.5) is 11.6 Å². The third-order valence-electron chi connectivity index (χ3n) is 6.64. The minimum absolute atomic E-state index is 0.0712. The highest BCUT2D eigenvalue weighted by molar-refractivity contribution is 5.96. The topological polar surface area (TPSA) is 86.3 Å². The van der Waals surface area contributed by atoms with E-state index >= 15 is 0 Å². The van der Waals surface area contributed by atoms with Crippen LogP contribution < -0.4 is 10.6 Å². The molecule has 1 aliphatic heterocycles. The summed E-state index contributed by atoms with van der Waals surface area (Å²) in [6, 6.07) is 19.6. The number of likely N-dealkylation sites (N-methyl/N-ethyl adjacent to an activating group) is 1. The lowest BCUT2D eigenvalue weighted by atomic mass is 9.96. The van der Waals surface area contributed by atoms with E-state index in [0.29, 0.717) is 18.2 Å². The number of benzene rings is 2. The maximum absolute atomic E-state index is 13.0. The zero-order valence-corrected chi connectivity index (χ0v) is 21.2. The highest BCUT2D eigenvalue weighted by Gasteiger charge is 2.16. The van der Waals surface area contributed by atoms with Gasteiger partial charge in [-0.2, -0.15) is 0 Å². The molecule has 1 saturated heterocycles. The molecule has 0 saturated carbocycles. The highest BCUT2D eigenvalue weighted by atomic mass is 16.1. The molecule has 2 aromatic heterocycles. The summed E-state index contributed by atoms with van der Waals surface area (Å²) < 4.78 is 0. The van der Waals surface area contributed by atoms with Crippen LogP contribution in [0.1, 0.15) is 15.9 Å². The number of piperazine rings is 1. The molecule has 0 unspecified atom stereocenters. The standard InChI is InChI=1S/C29H31N7O/c1-21-9-10-22(28(37)32-20-36-16-14-35(2)15-17-36)18-25(21)24-7-3-4-8-27(24)34-29-31-13-11-26(33-29)23-6-5-12-30-19-23/h3-13,18-19H,14-17,20H2,1-2H3,(H,32,37)(H,31,33,34). The fourth-order valence-electron chi connectivity index (χ4n) is 4.39. The van der Waals surface area contributed by atoms with Gasteiger partial charge in [0.25, 0.3) is 5.91 Å². The number of carbonyl (C=O) groups is 1. The van der Waals surface area contributed by atoms with Crippen molar-refractivity contribution < 1.29 is 4.79 Å². The van der Waals surface area contributed by atoms with E-state index in [1.54, 1.807) is 18.6 Å². The first-order valence-electron chi connectivity index (χ1n) is 12.5. The lowest BCUT2D eigenvalue weighted by Crippen LogP contribution is -2.48. The van der Waals surface area contributed by atoms with Crippen molar-refractivity contribution >= 4 is 17.5 Å². The van der Waals surface area contributed by atoms with Crippen molar-refractivity contribution in [2.45, 2.75) is 6.92 Å². The molecule has 1 amide bonds. The molecule has 2 N–H and O–H groups in total. The van der Waals surface area contributed by atoms with E-state index in [2.05, 4.69) is 49.4 Å². The van der Waals surface area contributed by atoms with Crippen LogP contribution in [-0.4, -0.2) is 70.6 Å². The van der Waals surface area contributed by atoms with Gasteiger partial charge in [-0.3, -0.25) is 14.7 Å². The number of carbonyl (C=O) groups excluding carboxylic acids is 1. The molecule has 1 aliphatic rings. The first kappa shape index (κ1) is 24.5. The zero-order chi connectivity index (χ0) is 25.6. The van der Waals surface area contributed by atoms with Gasteiger partial charge in [-0.1, -0.05) is 24.3 Å². The van der Waals surface area contributed by atoms with E-state index in [1.165, 1.54) is 0 Å². The third kappa shape index (κ3) is 5.99. The number of nitrogens with one attached hydrogen (secondary N) is 2. The van der Waals surface area contributed by atoms with Crippen LogP contribution in [-0.2, 0) is 0 Å². The molecule has 5 rings (SSSR count). The second kappa shape index (κ2) is 11.3. The van der Waals surface area contributed by atoms with Gasteiger partial charge in [0.05, 0.1) is 12.4 Å². The van der Waals surface area contributed by atoms with Crippen LogP contribution in [0.2, 0.25) is 0 Å². The van der Waals surface area contributed by atoms with Crippen LogP contribution in [0.15, 0.2) is 79.3 Å². The molecule has 0 spiro atoms. The summed E-state index contributed by atoms with van der Waals surface area (Å²) in [6.07, 6.45) is 5.25. The Hall–Kier alpha value is -4.14. The van der Waals surface area contributed by atoms with Gasteiger partial charge in [0.15, 0.2) is 0 Å². The summed E-state index contributed by atoms with van der Waals surface area (Å²) >= 11 is 0. The second-order valence-corrected chi connectivity index (χ2v) is 9.29. The Morgan fingerprint density at radius 2 is 1.78 bits per heavy atom. The first-order chi connectivity index (χ1) is 18.1. The average molecular weight is 494 g/mol. The smallest absolute Gasteiger partial charge is 0.252 e. The van der Waals surface area contributed by atoms with Crippen molar-refractivity contribution in [3.8, 4) is 22.4 Å². The van der Waals surface area contributed by atoms with Crippen molar-refractivity contribution in [2.75, 3.05) is 45.2 Å². The second-order valence-electron chi connectivity index (χ2n) is 9.29. The molecule has 0 aliphatic carbocycles. The molecule has 3 heterocycles. The molecule has 4 aromatic rings. The van der Waals surface area contributed by atoms with Crippen molar-refractivity contribution in [3.05, 3.63) is 90.4 Å². The Bertz CT molecular complexity index is 1370. The number of para-hydroxylation sites is 1. The van der Waals surface area contributed by atoms with E-state index in [4.69, 9.17) is 0 Å². The Balaban J connectivity index is 1.36. The molecule has 8 heteroatoms. The van der Waals surface area contributed by atoms with Crippen LogP contribution in [0, 0.1) is 6.92 Å². The van der Waals surface area contributed by atoms with Gasteiger partial charge >= 0.3 is 0 Å². The van der Waals surface area contributed by atoms with Gasteiger partial charge in [-0.15, -0.1) is 0 Å². The van der Waals surface area contributed by atoms with Gasteiger partial charge < -0.3 is 15.5 Å². The maximum Gasteiger partial charge on any atom is 0.252 e. The minimum atomic E-state index is -0.0712. The fourth-order valence-corrected chi connectivity index (χ4v) is 4.39. The average Bonchev–Trinajstić information content (AvgIpc) is 2.94. The van der Waals surface area contributed by atoms with Crippen LogP contribution in [0.5, 0.6) is 0 Å². The van der Waals surface area contributed by atoms with Gasteiger partial charge in [-0.25, -0.2) is 9.97 Å². The summed E-state index contributed by atoms with van der Waals surface area (Å²) in [5, 5.41) is 6.46. The normalized spacial score (nSPS) is 14.3. The highest BCUT2D eigenvalue weighted by Crippen LogP contribution is 2.32. The first-order valence-corrected chi connectivity index (χ1v) is 12.5. The van der Waals surface area contributed by atoms with Crippen LogP contribution in [0.25, 0.3) is 22.4 Å². The Morgan fingerprint density at radius 1 is 0.946 bits per heavy atom. The molecular formula is C29H31N7O. The summed E-state index contributed by atoms with van der Waals surface area (Å²) in [6.45, 7) is 6.56. The predicted octanol–water partition coefficient (Wildman–Crippen LogP) is 4.19. The maximum atomic E-state index is 13.0. The monoisotopic (exact) mass is 493 g/mol. The van der Waals surface area contributed by atoms with Crippen molar-refractivity contribution in [2.24, 2.45) is 0 Å². The number of hydrogen-bond acceptors (Lipinski definition) is 7. The molecule has 0 atom stereocenters. The third-order valence-corrected chi connectivity index (χ3v) is 6.64. The zero-order valence-electron chi connectivity index (χ0n) is 21.2. The number of anilines is 2. The molecule has 2 aromatic carbocycles. The van der Waals surface area contributed by atoms with E-state index in [-0.39, 0.29) is 5.91 Å². The number of amides is 1. The molecule has 37 heavy (non-hydrogen) atoms. The lowest BCUT2D eigenvalue weighted by molar-refractivity contribution is 0.0890. The molecular weight excluding hydrogens is 462 g/mol. The summed E-state index contributed by atoms with van der Waals surface area (Å²) in [5.74, 6) is 0.422. The SMILES string of the molecule is Cc1ccc(C(=O)NCN2CCN(C)CC2)cc1-c1ccccc1Nc1nccc(-c2cccnc2)n1. The summed E-state index contributed by atoms with van der Waals surface area (Å²) in [5.41, 5.74) is 6.26. The van der Waals surface area contributed by atoms with Crippen LogP contribution >= 0.6 is 0 Å². The Kier molecular flexibility index (Phi) is 7.49. The number of pyridine rings is 1. The minimum Gasteiger partial charge on any atom is -0.339 e. The summed E-state index contributed by atoms with van der Waals surface area (Å²) in [7, 11) is 2.13. The van der Waals surface area contributed by atoms with Gasteiger partial charge in [0, 0.05) is 67.1 Å². The number of rotatable bonds is 7. The Labute approximate surface area is 217 Å². The van der Waals surface area contributed by atoms with Gasteiger partial charge in [0.2, 0.25) is 5.95 Å². The van der Waals surface area contributed by atoms with Crippen molar-refractivity contribution in [1.82, 2.24) is 30.1 Å². The van der Waals surface area contributed by atoms with Crippen LogP contribution in [0.3, 0.4) is 0 Å². The largest absolute Gasteiger partial charge is 0.339 e. The van der Waals surface area contributed by atoms with E-state index < -0.39 is 0 Å². The predicted molar refractivity (Wildman–Crippen MR) is 147 cm³/mol. The van der Waals surface area contributed by atoms with Crippen molar-refractivity contribution in [3.63, 3.8) is 0 Å². The van der Waals surface area contributed by atoms with Gasteiger partial charge in [0.1, 0.15) is 0 Å². The van der Waals surface area contributed by atoms with E-state index in [1.807, 2.05) is 60.7 Å². The number of nitrogens with zero attached hydrogens (tertiary/aromatic N) is 5. The number of aromatic nitrogens is 3. The number of aryl methyl sites for hydroxylation is 1. The van der Waals surface area contributed by atoms with E-state index in [9.17, 15) is 4.79 Å². The summed E-state index contributed by atoms with van der Waals surface area (Å²) in [4.78, 5) is 30.9. The Morgan fingerprint density at radius 3 is 2.59 bits per heavy atom. The van der Waals surface area contributed by atoms with Crippen molar-refractivity contribution in [1.29, 1.82) is 0 Å². The molecule has 0 bridgehead atoms. The lowest BCUT2D eigenvalue weighted by Gasteiger charge is -2.32. The quantitative estimate of drug-likeness (QED) is 0.399. The van der Waals surface area contributed by atoms with E-state index in [0.717, 1.165) is 59.8 Å². The molecule has 0 radical (unpaired) electrons. The molecule has 8 nitrogen and oxygen atoms in total. The van der Waals surface area contributed by atoms with Gasteiger partial charge in [-0.05, 0) is 61.5 Å². The molecule has 1 fully saturated rings. The molecule has 188 valence electrons. The number of hydrogen-bond donors (Lipinski definition) is 2.